The van der Waals surface area contributed by atoms with E-state index in [1.165, 1.54) is 11.3 Å². The number of amides is 1. The molecule has 22 heavy (non-hydrogen) atoms. The lowest BCUT2D eigenvalue weighted by atomic mass is 9.94. The van der Waals surface area contributed by atoms with Crippen LogP contribution in [0, 0.1) is 0 Å². The first-order chi connectivity index (χ1) is 10.4. The first-order valence-corrected chi connectivity index (χ1v) is 10.6. The van der Waals surface area contributed by atoms with Crippen molar-refractivity contribution in [2.24, 2.45) is 4.36 Å². The molecule has 2 aliphatic rings. The van der Waals surface area contributed by atoms with Crippen molar-refractivity contribution in [2.45, 2.75) is 31.2 Å². The Bertz CT molecular complexity index is 677. The summed E-state index contributed by atoms with van der Waals surface area (Å²) >= 11 is 1.26. The lowest BCUT2D eigenvalue weighted by Crippen LogP contribution is -2.57. The summed E-state index contributed by atoms with van der Waals surface area (Å²) in [6.07, 6.45) is 7.39. The Kier molecular flexibility index (Phi) is 4.26. The van der Waals surface area contributed by atoms with Gasteiger partial charge in [0.25, 0.3) is 5.91 Å². The van der Waals surface area contributed by atoms with Crippen molar-refractivity contribution >= 4 is 32.1 Å². The highest BCUT2D eigenvalue weighted by Gasteiger charge is 2.44. The largest absolute Gasteiger partial charge is 0.377 e. The number of ether oxygens (including phenoxy) is 1. The Morgan fingerprint density at radius 1 is 1.45 bits per heavy atom. The van der Waals surface area contributed by atoms with Gasteiger partial charge in [-0.2, -0.15) is 4.36 Å². The van der Waals surface area contributed by atoms with Gasteiger partial charge in [0, 0.05) is 34.2 Å². The number of morpholine rings is 1. The van der Waals surface area contributed by atoms with Crippen LogP contribution in [0.3, 0.4) is 0 Å². The summed E-state index contributed by atoms with van der Waals surface area (Å²) in [4.78, 5) is 19.0. The summed E-state index contributed by atoms with van der Waals surface area (Å²) in [5.74, 6) is -0.0541. The maximum atomic E-state index is 12.8. The van der Waals surface area contributed by atoms with E-state index in [2.05, 4.69) is 9.35 Å². The van der Waals surface area contributed by atoms with Gasteiger partial charge in [0.1, 0.15) is 5.69 Å². The normalized spacial score (nSPS) is 21.3. The summed E-state index contributed by atoms with van der Waals surface area (Å²) in [5.41, 5.74) is 0.250. The number of thiazole rings is 1. The zero-order valence-electron chi connectivity index (χ0n) is 12.9. The van der Waals surface area contributed by atoms with Crippen LogP contribution in [0.1, 0.15) is 36.2 Å². The molecule has 0 unspecified atom stereocenters. The second-order valence-electron chi connectivity index (χ2n) is 6.23. The van der Waals surface area contributed by atoms with Crippen molar-refractivity contribution in [3.8, 4) is 0 Å². The first-order valence-electron chi connectivity index (χ1n) is 7.42. The zero-order valence-corrected chi connectivity index (χ0v) is 14.5. The molecule has 3 rings (SSSR count). The molecule has 1 aliphatic heterocycles. The quantitative estimate of drug-likeness (QED) is 0.826. The molecule has 1 spiro atoms. The van der Waals surface area contributed by atoms with Crippen LogP contribution in [0.2, 0.25) is 0 Å². The fourth-order valence-corrected chi connectivity index (χ4v) is 4.88. The van der Waals surface area contributed by atoms with Gasteiger partial charge in [-0.05, 0) is 12.8 Å². The molecule has 8 heteroatoms. The highest BCUT2D eigenvalue weighted by atomic mass is 32.2. The Hall–Kier alpha value is -0.990. The number of hydrogen-bond acceptors (Lipinski definition) is 6. The van der Waals surface area contributed by atoms with Crippen LogP contribution in [-0.2, 0) is 14.5 Å². The number of rotatable bonds is 2. The number of nitrogens with zero attached hydrogens (tertiary/aromatic N) is 3. The predicted octanol–water partition coefficient (Wildman–Crippen LogP) is 2.29. The molecule has 1 aromatic heterocycles. The Labute approximate surface area is 135 Å². The molecule has 1 aromatic rings. The fourth-order valence-electron chi connectivity index (χ4n) is 3.23. The van der Waals surface area contributed by atoms with E-state index in [-0.39, 0.29) is 11.4 Å². The molecule has 0 atom stereocenters. The van der Waals surface area contributed by atoms with Gasteiger partial charge in [-0.15, -0.1) is 11.3 Å². The van der Waals surface area contributed by atoms with Crippen LogP contribution in [0.15, 0.2) is 9.74 Å². The Morgan fingerprint density at radius 2 is 2.18 bits per heavy atom. The van der Waals surface area contributed by atoms with Crippen LogP contribution in [0.5, 0.6) is 0 Å². The smallest absolute Gasteiger partial charge is 0.274 e. The lowest BCUT2D eigenvalue weighted by molar-refractivity contribution is -0.0504. The monoisotopic (exact) mass is 343 g/mol. The third-order valence-electron chi connectivity index (χ3n) is 4.19. The molecule has 2 fully saturated rings. The first kappa shape index (κ1) is 15.9. The van der Waals surface area contributed by atoms with E-state index in [9.17, 15) is 9.00 Å². The van der Waals surface area contributed by atoms with Gasteiger partial charge in [-0.25, -0.2) is 9.19 Å². The number of hydrogen-bond donors (Lipinski definition) is 0. The van der Waals surface area contributed by atoms with Crippen molar-refractivity contribution in [3.63, 3.8) is 0 Å². The summed E-state index contributed by atoms with van der Waals surface area (Å²) < 4.78 is 21.4. The number of aromatic nitrogens is 1. The van der Waals surface area contributed by atoms with E-state index in [0.717, 1.165) is 25.7 Å². The molecule has 6 nitrogen and oxygen atoms in total. The molecule has 0 bridgehead atoms. The van der Waals surface area contributed by atoms with Crippen molar-refractivity contribution in [2.75, 3.05) is 32.3 Å². The molecular formula is C14H21N3O3S2. The second-order valence-corrected chi connectivity index (χ2v) is 9.61. The van der Waals surface area contributed by atoms with Gasteiger partial charge < -0.3 is 9.64 Å². The third kappa shape index (κ3) is 3.18. The molecule has 1 aliphatic carbocycles. The van der Waals surface area contributed by atoms with Crippen LogP contribution >= 0.6 is 11.3 Å². The molecule has 0 N–H and O–H groups in total. The van der Waals surface area contributed by atoms with Gasteiger partial charge in [0.2, 0.25) is 5.13 Å². The third-order valence-corrected chi connectivity index (χ3v) is 5.65. The van der Waals surface area contributed by atoms with Gasteiger partial charge in [0.05, 0.1) is 18.8 Å². The number of carbonyl (C=O) groups is 1. The van der Waals surface area contributed by atoms with Crippen molar-refractivity contribution in [1.29, 1.82) is 0 Å². The highest BCUT2D eigenvalue weighted by molar-refractivity contribution is 7.92. The standard InChI is InChI=1S/C14H21N3O3S2/c1-22(2,19)16-13-15-11(9-21-13)12(18)17-7-8-20-10-14(17)5-3-4-6-14/h9H,3-8,10H2,1-2H3. The molecule has 122 valence electrons. The van der Waals surface area contributed by atoms with Crippen LogP contribution in [0.4, 0.5) is 5.13 Å². The van der Waals surface area contributed by atoms with Gasteiger partial charge in [0.15, 0.2) is 0 Å². The van der Waals surface area contributed by atoms with Crippen LogP contribution < -0.4 is 0 Å². The maximum absolute atomic E-state index is 12.8. The van der Waals surface area contributed by atoms with E-state index >= 15 is 0 Å². The van der Waals surface area contributed by atoms with Crippen molar-refractivity contribution in [3.05, 3.63) is 11.1 Å². The van der Waals surface area contributed by atoms with E-state index in [4.69, 9.17) is 4.74 Å². The average Bonchev–Trinajstić information content (AvgIpc) is 3.07. The van der Waals surface area contributed by atoms with E-state index in [0.29, 0.717) is 30.6 Å². The van der Waals surface area contributed by atoms with Gasteiger partial charge in [-0.3, -0.25) is 4.79 Å². The molecule has 0 aromatic carbocycles. The van der Waals surface area contributed by atoms with E-state index in [1.807, 2.05) is 4.90 Å². The molecule has 1 saturated heterocycles. The summed E-state index contributed by atoms with van der Waals surface area (Å²) in [6.45, 7) is 1.81. The van der Waals surface area contributed by atoms with Gasteiger partial charge >= 0.3 is 0 Å². The molecule has 1 saturated carbocycles. The van der Waals surface area contributed by atoms with Crippen LogP contribution in [0.25, 0.3) is 0 Å². The van der Waals surface area contributed by atoms with E-state index in [1.54, 1.807) is 17.9 Å². The zero-order chi connectivity index (χ0) is 15.8. The van der Waals surface area contributed by atoms with Crippen LogP contribution in [-0.4, -0.2) is 57.8 Å². The van der Waals surface area contributed by atoms with Gasteiger partial charge in [-0.1, -0.05) is 12.8 Å². The highest BCUT2D eigenvalue weighted by Crippen LogP contribution is 2.38. The summed E-state index contributed by atoms with van der Waals surface area (Å²) in [6, 6.07) is 0. The minimum Gasteiger partial charge on any atom is -0.377 e. The number of carbonyl (C=O) groups excluding carboxylic acids is 1. The van der Waals surface area contributed by atoms with Crippen molar-refractivity contribution < 1.29 is 13.7 Å². The SMILES string of the molecule is CS(C)(=O)=Nc1nc(C(=O)N2CCOCC23CCCC3)cs1. The molecule has 1 amide bonds. The summed E-state index contributed by atoms with van der Waals surface area (Å²) in [5, 5.41) is 2.12. The fraction of sp³-hybridized carbons (Fsp3) is 0.714. The van der Waals surface area contributed by atoms with E-state index < -0.39 is 9.73 Å². The minimum atomic E-state index is -2.26. The summed E-state index contributed by atoms with van der Waals surface area (Å²) in [7, 11) is -2.26. The van der Waals surface area contributed by atoms with Crippen molar-refractivity contribution in [1.82, 2.24) is 9.88 Å². The Morgan fingerprint density at radius 3 is 2.86 bits per heavy atom. The second kappa shape index (κ2) is 5.90. The molecule has 2 heterocycles. The average molecular weight is 343 g/mol. The minimum absolute atomic E-state index is 0.0541. The molecule has 0 radical (unpaired) electrons. The lowest BCUT2D eigenvalue weighted by Gasteiger charge is -2.44. The topological polar surface area (TPSA) is 71.9 Å². The predicted molar refractivity (Wildman–Crippen MR) is 87.2 cm³/mol. The Balaban J connectivity index is 1.85. The molecular weight excluding hydrogens is 322 g/mol. The maximum Gasteiger partial charge on any atom is 0.274 e.